The van der Waals surface area contributed by atoms with Gasteiger partial charge in [0.25, 0.3) is 0 Å². The fourth-order valence-electron chi connectivity index (χ4n) is 2.28. The number of methoxy groups -OCH3 is 1. The Balaban J connectivity index is 2.37. The summed E-state index contributed by atoms with van der Waals surface area (Å²) < 4.78 is 10.6. The van der Waals surface area contributed by atoms with Crippen LogP contribution in [0.1, 0.15) is 20.3 Å². The number of anilines is 1. The van der Waals surface area contributed by atoms with Crippen molar-refractivity contribution >= 4 is 34.8 Å². The third-order valence-corrected chi connectivity index (χ3v) is 4.04. The van der Waals surface area contributed by atoms with Gasteiger partial charge in [0.1, 0.15) is 5.02 Å². The van der Waals surface area contributed by atoms with Crippen LogP contribution in [0.4, 0.5) is 5.69 Å². The lowest BCUT2D eigenvalue weighted by molar-refractivity contribution is -0.117. The third kappa shape index (κ3) is 4.01. The van der Waals surface area contributed by atoms with E-state index in [9.17, 15) is 4.79 Å². The number of ether oxygens (including phenoxy) is 1. The van der Waals surface area contributed by atoms with Crippen LogP contribution in [0.15, 0.2) is 23.1 Å². The molecular weight excluding hydrogens is 353 g/mol. The van der Waals surface area contributed by atoms with Gasteiger partial charge in [-0.1, -0.05) is 37.0 Å². The second-order valence-electron chi connectivity index (χ2n) is 5.72. The number of nitrogens with one attached hydrogen (secondary N) is 1. The Kier molecular flexibility index (Phi) is 6.10. The molecule has 0 unspecified atom stereocenters. The van der Waals surface area contributed by atoms with E-state index in [1.165, 1.54) is 19.7 Å². The highest BCUT2D eigenvalue weighted by atomic mass is 35.5. The number of amides is 1. The molecule has 2 aromatic rings. The molecule has 8 heteroatoms. The van der Waals surface area contributed by atoms with Gasteiger partial charge in [0.2, 0.25) is 5.91 Å². The molecule has 0 saturated heterocycles. The van der Waals surface area contributed by atoms with Crippen LogP contribution in [0.3, 0.4) is 0 Å². The average Bonchev–Trinajstić information content (AvgIpc) is 3.04. The summed E-state index contributed by atoms with van der Waals surface area (Å²) in [6.07, 6.45) is 3.35. The number of rotatable bonds is 6. The van der Waals surface area contributed by atoms with Gasteiger partial charge >= 0.3 is 0 Å². The van der Waals surface area contributed by atoms with Crippen molar-refractivity contribution in [1.82, 2.24) is 4.98 Å². The highest BCUT2D eigenvalue weighted by Crippen LogP contribution is 2.45. The van der Waals surface area contributed by atoms with E-state index in [-0.39, 0.29) is 21.6 Å². The van der Waals surface area contributed by atoms with E-state index in [0.717, 1.165) is 0 Å². The van der Waals surface area contributed by atoms with Gasteiger partial charge in [0.05, 0.1) is 35.6 Å². The third-order valence-electron chi connectivity index (χ3n) is 3.39. The van der Waals surface area contributed by atoms with E-state index < -0.39 is 6.04 Å². The summed E-state index contributed by atoms with van der Waals surface area (Å²) in [4.78, 5) is 16.1. The molecule has 0 radical (unpaired) electrons. The van der Waals surface area contributed by atoms with Gasteiger partial charge in [-0.25, -0.2) is 4.98 Å². The summed E-state index contributed by atoms with van der Waals surface area (Å²) in [7, 11) is 1.46. The first kappa shape index (κ1) is 18.6. The first-order valence-corrected chi connectivity index (χ1v) is 8.12. The fourth-order valence-corrected chi connectivity index (χ4v) is 2.91. The number of aromatic nitrogens is 1. The van der Waals surface area contributed by atoms with Crippen molar-refractivity contribution in [3.05, 3.63) is 28.7 Å². The van der Waals surface area contributed by atoms with Crippen LogP contribution in [0, 0.1) is 5.92 Å². The Labute approximate surface area is 150 Å². The maximum Gasteiger partial charge on any atom is 0.241 e. The Morgan fingerprint density at radius 3 is 2.71 bits per heavy atom. The van der Waals surface area contributed by atoms with Crippen molar-refractivity contribution in [1.29, 1.82) is 0 Å². The van der Waals surface area contributed by atoms with Crippen LogP contribution in [0.25, 0.3) is 11.3 Å². The van der Waals surface area contributed by atoms with Crippen LogP contribution in [0.5, 0.6) is 5.75 Å². The van der Waals surface area contributed by atoms with Gasteiger partial charge in [-0.05, 0) is 18.4 Å². The van der Waals surface area contributed by atoms with Gasteiger partial charge in [0, 0.05) is 0 Å². The molecule has 24 heavy (non-hydrogen) atoms. The van der Waals surface area contributed by atoms with Gasteiger partial charge in [-0.2, -0.15) is 0 Å². The number of nitrogens with two attached hydrogens (primary N) is 1. The number of benzene rings is 1. The van der Waals surface area contributed by atoms with E-state index >= 15 is 0 Å². The lowest BCUT2D eigenvalue weighted by Gasteiger charge is -2.18. The highest BCUT2D eigenvalue weighted by molar-refractivity contribution is 6.41. The van der Waals surface area contributed by atoms with Gasteiger partial charge in [0.15, 0.2) is 17.9 Å². The van der Waals surface area contributed by atoms with Crippen LogP contribution >= 0.6 is 23.2 Å². The quantitative estimate of drug-likeness (QED) is 0.801. The average molecular weight is 372 g/mol. The Morgan fingerprint density at radius 2 is 2.17 bits per heavy atom. The molecule has 0 fully saturated rings. The van der Waals surface area contributed by atoms with Gasteiger partial charge in [-0.15, -0.1) is 0 Å². The number of halogens is 2. The first-order valence-electron chi connectivity index (χ1n) is 7.36. The van der Waals surface area contributed by atoms with Gasteiger partial charge < -0.3 is 20.2 Å². The van der Waals surface area contributed by atoms with Crippen LogP contribution in [-0.4, -0.2) is 24.0 Å². The number of nitrogens with zero attached hydrogens (tertiary/aromatic N) is 1. The number of oxazole rings is 1. The summed E-state index contributed by atoms with van der Waals surface area (Å²) in [6.45, 7) is 3.98. The van der Waals surface area contributed by atoms with E-state index in [0.29, 0.717) is 29.4 Å². The van der Waals surface area contributed by atoms with E-state index in [1.54, 1.807) is 6.07 Å². The molecule has 3 N–H and O–H groups in total. The Morgan fingerprint density at radius 1 is 1.46 bits per heavy atom. The molecule has 0 spiro atoms. The normalized spacial score (nSPS) is 12.3. The predicted octanol–water partition coefficient (Wildman–Crippen LogP) is 3.97. The minimum absolute atomic E-state index is 0.168. The topological polar surface area (TPSA) is 90.4 Å². The summed E-state index contributed by atoms with van der Waals surface area (Å²) in [6, 6.07) is 0.938. The SMILES string of the molecule is COc1c(-c2cnco2)cc(Cl)c(NC(=O)[C@H](N)CC(C)C)c1Cl. The summed E-state index contributed by atoms with van der Waals surface area (Å²) in [5.74, 6) is 0.706. The van der Waals surface area contributed by atoms with Crippen molar-refractivity contribution in [3.63, 3.8) is 0 Å². The number of carbonyl (C=O) groups is 1. The Hall–Kier alpha value is -1.76. The molecule has 0 bridgehead atoms. The molecule has 1 aromatic carbocycles. The highest BCUT2D eigenvalue weighted by Gasteiger charge is 2.23. The standard InChI is InChI=1S/C16H19Cl2N3O3/c1-8(2)4-11(19)16(22)21-14-10(17)5-9(12-6-20-7-24-12)15(23-3)13(14)18/h5-8,11H,4,19H2,1-3H3,(H,21,22)/t11-/m1/s1. The molecule has 0 aliphatic carbocycles. The van der Waals surface area contributed by atoms with Crippen molar-refractivity contribution in [3.8, 4) is 17.1 Å². The molecule has 1 heterocycles. The molecule has 1 amide bonds. The van der Waals surface area contributed by atoms with Crippen LogP contribution in [-0.2, 0) is 4.79 Å². The fraction of sp³-hybridized carbons (Fsp3) is 0.375. The zero-order valence-electron chi connectivity index (χ0n) is 13.6. The first-order chi connectivity index (χ1) is 11.3. The monoisotopic (exact) mass is 371 g/mol. The van der Waals surface area contributed by atoms with E-state index in [2.05, 4.69) is 10.3 Å². The lowest BCUT2D eigenvalue weighted by Crippen LogP contribution is -2.36. The molecule has 0 saturated carbocycles. The van der Waals surface area contributed by atoms with Crippen molar-refractivity contribution in [2.24, 2.45) is 11.7 Å². The molecule has 6 nitrogen and oxygen atoms in total. The minimum atomic E-state index is -0.655. The lowest BCUT2D eigenvalue weighted by atomic mass is 10.0. The maximum absolute atomic E-state index is 12.2. The molecule has 0 aliphatic heterocycles. The number of carbonyl (C=O) groups excluding carboxylic acids is 1. The second kappa shape index (κ2) is 7.88. The molecule has 0 aliphatic rings. The summed E-state index contributed by atoms with van der Waals surface area (Å²) in [5, 5.41) is 3.09. The minimum Gasteiger partial charge on any atom is -0.494 e. The van der Waals surface area contributed by atoms with Crippen molar-refractivity contribution in [2.45, 2.75) is 26.3 Å². The van der Waals surface area contributed by atoms with Crippen LogP contribution in [0.2, 0.25) is 10.0 Å². The molecule has 2 rings (SSSR count). The molecule has 1 atom stereocenters. The van der Waals surface area contributed by atoms with Crippen molar-refractivity contribution < 1.29 is 13.9 Å². The second-order valence-corrected chi connectivity index (χ2v) is 6.50. The van der Waals surface area contributed by atoms with E-state index in [1.807, 2.05) is 13.8 Å². The molecule has 1 aromatic heterocycles. The number of hydrogen-bond donors (Lipinski definition) is 2. The summed E-state index contributed by atoms with van der Waals surface area (Å²) in [5.41, 5.74) is 6.68. The van der Waals surface area contributed by atoms with Gasteiger partial charge in [-0.3, -0.25) is 4.79 Å². The zero-order valence-corrected chi connectivity index (χ0v) is 15.1. The van der Waals surface area contributed by atoms with Crippen LogP contribution < -0.4 is 15.8 Å². The van der Waals surface area contributed by atoms with E-state index in [4.69, 9.17) is 38.1 Å². The Bertz CT molecular complexity index is 718. The smallest absolute Gasteiger partial charge is 0.241 e. The number of hydrogen-bond acceptors (Lipinski definition) is 5. The maximum atomic E-state index is 12.2. The predicted molar refractivity (Wildman–Crippen MR) is 94.6 cm³/mol. The molecular formula is C16H19Cl2N3O3. The molecule has 130 valence electrons. The zero-order chi connectivity index (χ0) is 17.9. The largest absolute Gasteiger partial charge is 0.494 e. The summed E-state index contributed by atoms with van der Waals surface area (Å²) >= 11 is 12.6. The van der Waals surface area contributed by atoms with Crippen molar-refractivity contribution in [2.75, 3.05) is 12.4 Å².